The Bertz CT molecular complexity index is 1070. The number of halogens is 3. The molecule has 0 spiro atoms. The molecule has 0 aliphatic carbocycles. The maximum atomic E-state index is 12.6. The average molecular weight is 380 g/mol. The summed E-state index contributed by atoms with van der Waals surface area (Å²) in [5, 5.41) is 9.83. The lowest BCUT2D eigenvalue weighted by Gasteiger charge is -2.10. The summed E-state index contributed by atoms with van der Waals surface area (Å²) in [5.41, 5.74) is 0.876. The zero-order valence-electron chi connectivity index (χ0n) is 13.4. The number of hydrogen-bond acceptors (Lipinski definition) is 4. The third kappa shape index (κ3) is 3.65. The van der Waals surface area contributed by atoms with Crippen LogP contribution in [-0.2, 0) is 0 Å². The predicted octanol–water partition coefficient (Wildman–Crippen LogP) is 3.58. The van der Waals surface area contributed by atoms with Crippen LogP contribution in [0, 0.1) is 6.92 Å². The fraction of sp³-hybridized carbons (Fsp3) is 0.118. The molecule has 3 rings (SSSR count). The van der Waals surface area contributed by atoms with E-state index in [9.17, 15) is 18.8 Å². The maximum absolute atomic E-state index is 12.6. The minimum Gasteiger partial charge on any atom is -0.432 e. The van der Waals surface area contributed by atoms with Crippen LogP contribution < -0.4 is 10.1 Å². The molecule has 1 aromatic carbocycles. The van der Waals surface area contributed by atoms with Gasteiger partial charge in [0.05, 0.1) is 22.1 Å². The van der Waals surface area contributed by atoms with Gasteiger partial charge in [0.2, 0.25) is 0 Å². The number of alkyl halides is 2. The van der Waals surface area contributed by atoms with Crippen molar-refractivity contribution < 1.29 is 23.5 Å². The third-order valence-electron chi connectivity index (χ3n) is 3.50. The number of fused-ring (bicyclic) bond motifs is 1. The van der Waals surface area contributed by atoms with Crippen molar-refractivity contribution >= 4 is 28.4 Å². The molecule has 1 N–H and O–H groups in total. The molecule has 0 radical (unpaired) electrons. The second kappa shape index (κ2) is 7.09. The summed E-state index contributed by atoms with van der Waals surface area (Å²) in [6, 6.07) is 7.19. The Hall–Kier alpha value is -3.00. The zero-order valence-corrected chi connectivity index (χ0v) is 14.1. The van der Waals surface area contributed by atoms with Gasteiger partial charge in [-0.25, -0.2) is 14.7 Å². The first kappa shape index (κ1) is 17.8. The lowest BCUT2D eigenvalue weighted by atomic mass is 10.1. The molecule has 0 saturated heterocycles. The number of pyridine rings is 2. The Morgan fingerprint density at radius 3 is 2.77 bits per heavy atom. The number of ether oxygens (including phenoxy) is 1. The number of rotatable bonds is 3. The van der Waals surface area contributed by atoms with Crippen molar-refractivity contribution in [1.82, 2.24) is 9.71 Å². The zero-order chi connectivity index (χ0) is 18.8. The minimum absolute atomic E-state index is 0.0688. The van der Waals surface area contributed by atoms with Gasteiger partial charge < -0.3 is 9.94 Å². The van der Waals surface area contributed by atoms with E-state index in [2.05, 4.69) is 14.7 Å². The lowest BCUT2D eigenvalue weighted by Crippen LogP contribution is -2.11. The molecule has 0 saturated carbocycles. The smallest absolute Gasteiger partial charge is 0.387 e. The highest BCUT2D eigenvalue weighted by molar-refractivity contribution is 6.30. The topological polar surface area (TPSA) is 76.7 Å². The van der Waals surface area contributed by atoms with E-state index < -0.39 is 12.5 Å². The van der Waals surface area contributed by atoms with Gasteiger partial charge in [0, 0.05) is 17.3 Å². The van der Waals surface area contributed by atoms with Crippen molar-refractivity contribution in [2.45, 2.75) is 13.5 Å². The van der Waals surface area contributed by atoms with Crippen molar-refractivity contribution in [3.63, 3.8) is 0 Å². The molecule has 0 aliphatic heterocycles. The SMILES string of the molecule is Cc1ccc2c(C(=O)N=c3ccn(O)cc3Cl)ccc(OC(F)F)c2n1. The van der Waals surface area contributed by atoms with Crippen LogP contribution in [0.1, 0.15) is 16.1 Å². The highest BCUT2D eigenvalue weighted by Crippen LogP contribution is 2.29. The summed E-state index contributed by atoms with van der Waals surface area (Å²) in [7, 11) is 0. The summed E-state index contributed by atoms with van der Waals surface area (Å²) in [5.74, 6) is -0.767. The van der Waals surface area contributed by atoms with Gasteiger partial charge in [-0.15, -0.1) is 0 Å². The molecular weight excluding hydrogens is 368 g/mol. The summed E-state index contributed by atoms with van der Waals surface area (Å²) in [6.45, 7) is -1.32. The molecule has 2 aromatic heterocycles. The Morgan fingerprint density at radius 2 is 2.08 bits per heavy atom. The van der Waals surface area contributed by atoms with Crippen LogP contribution in [0.15, 0.2) is 47.7 Å². The number of aryl methyl sites for hydroxylation is 1. The van der Waals surface area contributed by atoms with E-state index in [4.69, 9.17) is 11.6 Å². The van der Waals surface area contributed by atoms with Gasteiger partial charge in [0.25, 0.3) is 5.91 Å². The average Bonchev–Trinajstić information content (AvgIpc) is 2.57. The summed E-state index contributed by atoms with van der Waals surface area (Å²) < 4.78 is 30.4. The minimum atomic E-state index is -3.01. The molecule has 2 heterocycles. The Labute approximate surface area is 150 Å². The van der Waals surface area contributed by atoms with Crippen LogP contribution in [0.4, 0.5) is 8.78 Å². The van der Waals surface area contributed by atoms with Crippen molar-refractivity contribution in [2.24, 2.45) is 4.99 Å². The van der Waals surface area contributed by atoms with Crippen molar-refractivity contribution in [1.29, 1.82) is 0 Å². The fourth-order valence-corrected chi connectivity index (χ4v) is 2.58. The summed E-state index contributed by atoms with van der Waals surface area (Å²) in [6.07, 6.45) is 2.44. The summed E-state index contributed by atoms with van der Waals surface area (Å²) in [4.78, 5) is 20.7. The van der Waals surface area contributed by atoms with Gasteiger partial charge in [-0.05, 0) is 31.2 Å². The number of carbonyl (C=O) groups is 1. The van der Waals surface area contributed by atoms with Crippen molar-refractivity contribution in [3.8, 4) is 5.75 Å². The third-order valence-corrected chi connectivity index (χ3v) is 3.79. The molecule has 9 heteroatoms. The van der Waals surface area contributed by atoms with Crippen LogP contribution in [0.5, 0.6) is 5.75 Å². The van der Waals surface area contributed by atoms with Gasteiger partial charge in [-0.1, -0.05) is 17.7 Å². The van der Waals surface area contributed by atoms with E-state index in [-0.39, 0.29) is 27.2 Å². The van der Waals surface area contributed by atoms with E-state index in [0.29, 0.717) is 11.1 Å². The Kier molecular flexibility index (Phi) is 4.85. The van der Waals surface area contributed by atoms with Crippen molar-refractivity contribution in [3.05, 3.63) is 64.4 Å². The molecule has 6 nitrogen and oxygen atoms in total. The second-order valence-corrected chi connectivity index (χ2v) is 5.72. The second-order valence-electron chi connectivity index (χ2n) is 5.31. The molecule has 1 amide bonds. The first-order valence-electron chi connectivity index (χ1n) is 7.36. The quantitative estimate of drug-likeness (QED) is 0.706. The first-order chi connectivity index (χ1) is 12.3. The molecule has 134 valence electrons. The maximum Gasteiger partial charge on any atom is 0.387 e. The number of nitrogens with zero attached hydrogens (tertiary/aromatic N) is 3. The largest absolute Gasteiger partial charge is 0.432 e. The van der Waals surface area contributed by atoms with E-state index in [0.717, 1.165) is 4.73 Å². The van der Waals surface area contributed by atoms with Gasteiger partial charge in [0.15, 0.2) is 5.75 Å². The standard InChI is InChI=1S/C17H12ClF2N3O3/c1-9-2-3-10-11(4-5-14(15(10)21-9)26-17(19)20)16(24)22-13-6-7-23(25)8-12(13)18/h2-8,17,25H,1H3. The van der Waals surface area contributed by atoms with E-state index in [1.807, 2.05) is 0 Å². The van der Waals surface area contributed by atoms with Crippen LogP contribution in [0.2, 0.25) is 5.02 Å². The molecule has 0 unspecified atom stereocenters. The number of amides is 1. The van der Waals surface area contributed by atoms with Gasteiger partial charge >= 0.3 is 6.61 Å². The number of carbonyl (C=O) groups excluding carboxylic acids is 1. The lowest BCUT2D eigenvalue weighted by molar-refractivity contribution is -0.0489. The fourth-order valence-electron chi connectivity index (χ4n) is 2.38. The highest BCUT2D eigenvalue weighted by Gasteiger charge is 2.16. The van der Waals surface area contributed by atoms with Gasteiger partial charge in [-0.2, -0.15) is 8.78 Å². The Balaban J connectivity index is 2.15. The first-order valence-corrected chi connectivity index (χ1v) is 7.74. The molecule has 0 atom stereocenters. The molecule has 26 heavy (non-hydrogen) atoms. The van der Waals surface area contributed by atoms with E-state index in [1.165, 1.54) is 30.6 Å². The van der Waals surface area contributed by atoms with Crippen LogP contribution in [-0.4, -0.2) is 27.4 Å². The summed E-state index contributed by atoms with van der Waals surface area (Å²) >= 11 is 5.94. The van der Waals surface area contributed by atoms with E-state index >= 15 is 0 Å². The number of benzene rings is 1. The van der Waals surface area contributed by atoms with Crippen LogP contribution in [0.25, 0.3) is 10.9 Å². The van der Waals surface area contributed by atoms with E-state index in [1.54, 1.807) is 19.1 Å². The highest BCUT2D eigenvalue weighted by atomic mass is 35.5. The monoisotopic (exact) mass is 379 g/mol. The molecule has 3 aromatic rings. The normalized spacial score (nSPS) is 12.0. The van der Waals surface area contributed by atoms with Gasteiger partial charge in [-0.3, -0.25) is 4.79 Å². The van der Waals surface area contributed by atoms with Crippen LogP contribution in [0.3, 0.4) is 0 Å². The molecule has 0 fully saturated rings. The van der Waals surface area contributed by atoms with Crippen molar-refractivity contribution in [2.75, 3.05) is 0 Å². The molecule has 0 aliphatic rings. The van der Waals surface area contributed by atoms with Crippen LogP contribution >= 0.6 is 11.6 Å². The predicted molar refractivity (Wildman–Crippen MR) is 89.6 cm³/mol. The Morgan fingerprint density at radius 1 is 1.31 bits per heavy atom. The molecular formula is C17H12ClF2N3O3. The number of aromatic nitrogens is 2. The molecule has 0 bridgehead atoms. The number of hydrogen-bond donors (Lipinski definition) is 1. The van der Waals surface area contributed by atoms with Gasteiger partial charge in [0.1, 0.15) is 5.52 Å².